The molecule has 1 amide bonds. The highest BCUT2D eigenvalue weighted by Gasteiger charge is 2.14. The van der Waals surface area contributed by atoms with Crippen molar-refractivity contribution in [3.8, 4) is 0 Å². The lowest BCUT2D eigenvalue weighted by atomic mass is 10.1. The number of hydrogen-bond acceptors (Lipinski definition) is 7. The number of halogens is 2. The van der Waals surface area contributed by atoms with Crippen LogP contribution in [0.4, 0.5) is 16.6 Å². The molecule has 0 saturated carbocycles. The van der Waals surface area contributed by atoms with Crippen LogP contribution in [0.5, 0.6) is 0 Å². The SMILES string of the molecule is CCCCN(CC)C(=O)c1ccc(Nc2nc(C)nc3sc(N)nc23)cc1.Clc1cccc(Cl)c1. The molecule has 2 heterocycles. The molecule has 3 N–H and O–H groups in total. The highest BCUT2D eigenvalue weighted by atomic mass is 35.5. The predicted octanol–water partition coefficient (Wildman–Crippen LogP) is 6.98. The Hall–Kier alpha value is -2.94. The lowest BCUT2D eigenvalue weighted by Crippen LogP contribution is -2.31. The first-order valence-electron chi connectivity index (χ1n) is 11.3. The van der Waals surface area contributed by atoms with Gasteiger partial charge in [-0.25, -0.2) is 15.0 Å². The topological polar surface area (TPSA) is 97.0 Å². The van der Waals surface area contributed by atoms with Crippen molar-refractivity contribution in [3.63, 3.8) is 0 Å². The lowest BCUT2D eigenvalue weighted by Gasteiger charge is -2.20. The molecule has 0 aliphatic rings. The quantitative estimate of drug-likeness (QED) is 0.267. The third-order valence-electron chi connectivity index (χ3n) is 5.02. The molecule has 0 atom stereocenters. The molecule has 0 unspecified atom stereocenters. The Morgan fingerprint density at radius 3 is 2.31 bits per heavy atom. The highest BCUT2D eigenvalue weighted by molar-refractivity contribution is 7.21. The van der Waals surface area contributed by atoms with Gasteiger partial charge in [0.15, 0.2) is 15.8 Å². The van der Waals surface area contributed by atoms with Crippen LogP contribution in [-0.4, -0.2) is 38.8 Å². The van der Waals surface area contributed by atoms with Crippen LogP contribution in [0.1, 0.15) is 42.9 Å². The number of amides is 1. The minimum atomic E-state index is 0.0602. The van der Waals surface area contributed by atoms with Crippen molar-refractivity contribution >= 4 is 67.4 Å². The number of hydrogen-bond donors (Lipinski definition) is 2. The van der Waals surface area contributed by atoms with Crippen LogP contribution in [0.2, 0.25) is 10.0 Å². The molecule has 2 aromatic carbocycles. The third kappa shape index (κ3) is 7.52. The van der Waals surface area contributed by atoms with E-state index in [9.17, 15) is 4.79 Å². The van der Waals surface area contributed by atoms with E-state index in [4.69, 9.17) is 28.9 Å². The summed E-state index contributed by atoms with van der Waals surface area (Å²) in [6.07, 6.45) is 2.08. The monoisotopic (exact) mass is 530 g/mol. The van der Waals surface area contributed by atoms with Crippen LogP contribution >= 0.6 is 34.5 Å². The maximum atomic E-state index is 12.6. The first-order valence-corrected chi connectivity index (χ1v) is 12.9. The van der Waals surface area contributed by atoms with E-state index in [-0.39, 0.29) is 5.91 Å². The van der Waals surface area contributed by atoms with Crippen molar-refractivity contribution in [1.82, 2.24) is 19.9 Å². The molecular weight excluding hydrogens is 503 g/mol. The smallest absolute Gasteiger partial charge is 0.253 e. The van der Waals surface area contributed by atoms with E-state index in [0.29, 0.717) is 44.4 Å². The fourth-order valence-electron chi connectivity index (χ4n) is 3.26. The Kier molecular flexibility index (Phi) is 9.65. The average Bonchev–Trinajstić information content (AvgIpc) is 3.20. The second kappa shape index (κ2) is 12.7. The van der Waals surface area contributed by atoms with Crippen molar-refractivity contribution in [2.45, 2.75) is 33.6 Å². The maximum absolute atomic E-state index is 12.6. The number of thiazole rings is 1. The molecule has 0 bridgehead atoms. The Balaban J connectivity index is 0.000000363. The number of nitrogens with two attached hydrogens (primary N) is 1. The van der Waals surface area contributed by atoms with Gasteiger partial charge in [0.05, 0.1) is 0 Å². The summed E-state index contributed by atoms with van der Waals surface area (Å²) in [7, 11) is 0. The van der Waals surface area contributed by atoms with E-state index in [0.717, 1.165) is 29.9 Å². The lowest BCUT2D eigenvalue weighted by molar-refractivity contribution is 0.0762. The zero-order chi connectivity index (χ0) is 25.4. The molecule has 0 saturated heterocycles. The Morgan fingerprint density at radius 2 is 1.74 bits per heavy atom. The number of unbranched alkanes of at least 4 members (excludes halogenated alkanes) is 1. The van der Waals surface area contributed by atoms with Crippen LogP contribution in [-0.2, 0) is 0 Å². The highest BCUT2D eigenvalue weighted by Crippen LogP contribution is 2.28. The summed E-state index contributed by atoms with van der Waals surface area (Å²) in [6, 6.07) is 14.5. The largest absolute Gasteiger partial charge is 0.375 e. The van der Waals surface area contributed by atoms with E-state index in [1.165, 1.54) is 11.3 Å². The number of aromatic nitrogens is 3. The maximum Gasteiger partial charge on any atom is 0.253 e. The Morgan fingerprint density at radius 1 is 1.06 bits per heavy atom. The number of rotatable bonds is 7. The first-order chi connectivity index (χ1) is 16.8. The van der Waals surface area contributed by atoms with E-state index in [1.54, 1.807) is 18.2 Å². The molecule has 0 aliphatic carbocycles. The predicted molar refractivity (Wildman–Crippen MR) is 147 cm³/mol. The number of fused-ring (bicyclic) bond motifs is 1. The summed E-state index contributed by atoms with van der Waals surface area (Å²) in [5.41, 5.74) is 7.96. The van der Waals surface area contributed by atoms with Gasteiger partial charge in [0.1, 0.15) is 11.3 Å². The van der Waals surface area contributed by atoms with Crippen LogP contribution in [0.3, 0.4) is 0 Å². The molecule has 0 aliphatic heterocycles. The van der Waals surface area contributed by atoms with Crippen molar-refractivity contribution in [1.29, 1.82) is 0 Å². The van der Waals surface area contributed by atoms with Gasteiger partial charge in [0.2, 0.25) is 0 Å². The summed E-state index contributed by atoms with van der Waals surface area (Å²) in [6.45, 7) is 7.46. The molecule has 4 rings (SSSR count). The van der Waals surface area contributed by atoms with Crippen LogP contribution in [0, 0.1) is 6.92 Å². The minimum absolute atomic E-state index is 0.0602. The standard InChI is InChI=1S/C19H24N6OS.C6H4Cl2/c1-4-6-11-25(5-2)18(26)13-7-9-14(10-8-13)23-16-15-17(22-12(3)21-16)27-19(20)24-15;7-5-2-1-3-6(8)4-5/h7-10H,4-6,11H2,1-3H3,(H2,20,24)(H,21,22,23);1-4H. The van der Waals surface area contributed by atoms with Gasteiger partial charge in [-0.3, -0.25) is 4.79 Å². The van der Waals surface area contributed by atoms with Crippen LogP contribution < -0.4 is 11.1 Å². The molecule has 184 valence electrons. The third-order valence-corrected chi connectivity index (χ3v) is 6.27. The molecule has 4 aromatic rings. The molecule has 35 heavy (non-hydrogen) atoms. The fourth-order valence-corrected chi connectivity index (χ4v) is 4.45. The van der Waals surface area contributed by atoms with Gasteiger partial charge < -0.3 is 16.0 Å². The second-order valence-corrected chi connectivity index (χ2v) is 9.59. The Labute approximate surface area is 219 Å². The molecule has 0 radical (unpaired) electrons. The zero-order valence-electron chi connectivity index (χ0n) is 19.9. The summed E-state index contributed by atoms with van der Waals surface area (Å²) >= 11 is 12.5. The number of carbonyl (C=O) groups is 1. The molecule has 10 heteroatoms. The summed E-state index contributed by atoms with van der Waals surface area (Å²) in [4.78, 5) is 28.4. The molecule has 0 fully saturated rings. The minimum Gasteiger partial charge on any atom is -0.375 e. The van der Waals surface area contributed by atoms with Gasteiger partial charge in [0, 0.05) is 34.4 Å². The van der Waals surface area contributed by atoms with Crippen molar-refractivity contribution in [2.75, 3.05) is 24.1 Å². The van der Waals surface area contributed by atoms with Gasteiger partial charge >= 0.3 is 0 Å². The van der Waals surface area contributed by atoms with Gasteiger partial charge in [-0.05, 0) is 62.7 Å². The number of nitrogens with zero attached hydrogens (tertiary/aromatic N) is 4. The molecular formula is C25H28Cl2N6OS. The number of nitrogens with one attached hydrogen (secondary N) is 1. The van der Waals surface area contributed by atoms with Crippen LogP contribution in [0.25, 0.3) is 10.3 Å². The summed E-state index contributed by atoms with van der Waals surface area (Å²) < 4.78 is 0. The van der Waals surface area contributed by atoms with Gasteiger partial charge in [-0.1, -0.05) is 53.9 Å². The normalized spacial score (nSPS) is 10.5. The van der Waals surface area contributed by atoms with Crippen molar-refractivity contribution < 1.29 is 4.79 Å². The van der Waals surface area contributed by atoms with E-state index < -0.39 is 0 Å². The molecule has 2 aromatic heterocycles. The molecule has 0 spiro atoms. The van der Waals surface area contributed by atoms with E-state index >= 15 is 0 Å². The number of anilines is 3. The number of benzene rings is 2. The second-order valence-electron chi connectivity index (χ2n) is 7.71. The van der Waals surface area contributed by atoms with Crippen LogP contribution in [0.15, 0.2) is 48.5 Å². The fraction of sp³-hybridized carbons (Fsp3) is 0.280. The van der Waals surface area contributed by atoms with E-state index in [2.05, 4.69) is 27.2 Å². The van der Waals surface area contributed by atoms with Gasteiger partial charge in [0.25, 0.3) is 5.91 Å². The molecule has 7 nitrogen and oxygen atoms in total. The van der Waals surface area contributed by atoms with E-state index in [1.807, 2.05) is 49.1 Å². The van der Waals surface area contributed by atoms with Crippen molar-refractivity contribution in [3.05, 3.63) is 70.0 Å². The Bertz CT molecular complexity index is 1260. The number of nitrogen functional groups attached to an aromatic ring is 1. The first kappa shape index (κ1) is 26.7. The zero-order valence-corrected chi connectivity index (χ0v) is 22.2. The van der Waals surface area contributed by atoms with Crippen molar-refractivity contribution in [2.24, 2.45) is 0 Å². The number of aryl methyl sites for hydroxylation is 1. The summed E-state index contributed by atoms with van der Waals surface area (Å²) in [5, 5.41) is 5.07. The number of carbonyl (C=O) groups excluding carboxylic acids is 1. The van der Waals surface area contributed by atoms with Gasteiger partial charge in [-0.15, -0.1) is 0 Å². The summed E-state index contributed by atoms with van der Waals surface area (Å²) in [5.74, 6) is 1.32. The average molecular weight is 532 g/mol. The van der Waals surface area contributed by atoms with Gasteiger partial charge in [-0.2, -0.15) is 0 Å².